The van der Waals surface area contributed by atoms with Gasteiger partial charge in [0.15, 0.2) is 0 Å². The van der Waals surface area contributed by atoms with Crippen LogP contribution in [0.5, 0.6) is 5.88 Å². The Morgan fingerprint density at radius 3 is 2.83 bits per heavy atom. The monoisotopic (exact) mass is 247 g/mol. The summed E-state index contributed by atoms with van der Waals surface area (Å²) < 4.78 is 5.07. The number of nitrogens with one attached hydrogen (secondary N) is 1. The fourth-order valence-electron chi connectivity index (χ4n) is 2.90. The van der Waals surface area contributed by atoms with Crippen LogP contribution in [0.4, 0.5) is 5.69 Å². The minimum absolute atomic E-state index is 0.552. The van der Waals surface area contributed by atoms with Crippen LogP contribution >= 0.6 is 0 Å². The summed E-state index contributed by atoms with van der Waals surface area (Å²) in [5.74, 6) is 0.667. The average Bonchev–Trinajstić information content (AvgIpc) is 3.15. The minimum Gasteiger partial charge on any atom is -0.481 e. The van der Waals surface area contributed by atoms with Gasteiger partial charge in [0, 0.05) is 30.7 Å². The van der Waals surface area contributed by atoms with Crippen LogP contribution in [-0.4, -0.2) is 41.7 Å². The molecule has 0 spiro atoms. The standard InChI is InChI=1S/C14H21N3O/c1-10-7-12(9-17(10)13-4-5-13)16-11-3-6-14(18-2)15-8-11/h3,6,8,10,12-13,16H,4-5,7,9H2,1-2H3. The number of rotatable bonds is 4. The first-order valence-corrected chi connectivity index (χ1v) is 6.78. The Morgan fingerprint density at radius 2 is 2.22 bits per heavy atom. The molecule has 2 atom stereocenters. The normalized spacial score (nSPS) is 28.3. The van der Waals surface area contributed by atoms with Gasteiger partial charge in [-0.05, 0) is 32.3 Å². The molecule has 4 heteroatoms. The summed E-state index contributed by atoms with van der Waals surface area (Å²) in [6.45, 7) is 3.50. The van der Waals surface area contributed by atoms with Gasteiger partial charge < -0.3 is 10.1 Å². The zero-order chi connectivity index (χ0) is 12.5. The van der Waals surface area contributed by atoms with Crippen molar-refractivity contribution in [3.63, 3.8) is 0 Å². The molecule has 1 aromatic rings. The summed E-state index contributed by atoms with van der Waals surface area (Å²) in [6, 6.07) is 6.06. The molecule has 0 amide bonds. The molecule has 1 N–H and O–H groups in total. The first-order chi connectivity index (χ1) is 8.76. The molecule has 1 saturated heterocycles. The number of likely N-dealkylation sites (tertiary alicyclic amines) is 1. The van der Waals surface area contributed by atoms with Crippen molar-refractivity contribution in [1.82, 2.24) is 9.88 Å². The van der Waals surface area contributed by atoms with Crippen molar-refractivity contribution in [2.24, 2.45) is 0 Å². The van der Waals surface area contributed by atoms with Crippen LogP contribution < -0.4 is 10.1 Å². The van der Waals surface area contributed by atoms with E-state index in [9.17, 15) is 0 Å². The second kappa shape index (κ2) is 4.76. The Morgan fingerprint density at radius 1 is 1.39 bits per heavy atom. The zero-order valence-corrected chi connectivity index (χ0v) is 11.1. The van der Waals surface area contributed by atoms with Crippen LogP contribution in [-0.2, 0) is 0 Å². The first kappa shape index (κ1) is 11.8. The van der Waals surface area contributed by atoms with Crippen LogP contribution in [0.1, 0.15) is 26.2 Å². The number of ether oxygens (including phenoxy) is 1. The highest BCUT2D eigenvalue weighted by Gasteiger charge is 2.38. The van der Waals surface area contributed by atoms with E-state index in [1.165, 1.54) is 19.3 Å². The van der Waals surface area contributed by atoms with E-state index in [0.717, 1.165) is 18.3 Å². The Kier molecular flexibility index (Phi) is 3.12. The van der Waals surface area contributed by atoms with Gasteiger partial charge in [0.05, 0.1) is 19.0 Å². The third kappa shape index (κ3) is 2.43. The summed E-state index contributed by atoms with van der Waals surface area (Å²) in [7, 11) is 1.64. The molecular formula is C14H21N3O. The average molecular weight is 247 g/mol. The quantitative estimate of drug-likeness (QED) is 0.884. The Bertz CT molecular complexity index is 402. The van der Waals surface area contributed by atoms with E-state index in [1.54, 1.807) is 7.11 Å². The Hall–Kier alpha value is -1.29. The summed E-state index contributed by atoms with van der Waals surface area (Å²) in [6.07, 6.45) is 5.86. The molecule has 2 unspecified atom stereocenters. The molecule has 98 valence electrons. The lowest BCUT2D eigenvalue weighted by Crippen LogP contribution is -2.31. The number of methoxy groups -OCH3 is 1. The van der Waals surface area contributed by atoms with E-state index in [2.05, 4.69) is 22.1 Å². The topological polar surface area (TPSA) is 37.4 Å². The Balaban J connectivity index is 1.59. The van der Waals surface area contributed by atoms with Gasteiger partial charge in [0.2, 0.25) is 5.88 Å². The van der Waals surface area contributed by atoms with Crippen molar-refractivity contribution in [2.75, 3.05) is 19.0 Å². The van der Waals surface area contributed by atoms with E-state index in [-0.39, 0.29) is 0 Å². The number of anilines is 1. The molecule has 1 aromatic heterocycles. The van der Waals surface area contributed by atoms with Crippen molar-refractivity contribution >= 4 is 5.69 Å². The molecule has 1 saturated carbocycles. The van der Waals surface area contributed by atoms with Gasteiger partial charge in [-0.1, -0.05) is 0 Å². The van der Waals surface area contributed by atoms with Crippen LogP contribution in [0.15, 0.2) is 18.3 Å². The summed E-state index contributed by atoms with van der Waals surface area (Å²) in [5.41, 5.74) is 1.09. The molecule has 1 aliphatic heterocycles. The second-order valence-corrected chi connectivity index (χ2v) is 5.44. The van der Waals surface area contributed by atoms with Crippen molar-refractivity contribution < 1.29 is 4.74 Å². The van der Waals surface area contributed by atoms with Gasteiger partial charge in [0.25, 0.3) is 0 Å². The van der Waals surface area contributed by atoms with Crippen LogP contribution in [0.25, 0.3) is 0 Å². The summed E-state index contributed by atoms with van der Waals surface area (Å²) >= 11 is 0. The van der Waals surface area contributed by atoms with Crippen LogP contribution in [0, 0.1) is 0 Å². The lowest BCUT2D eigenvalue weighted by molar-refractivity contribution is 0.257. The molecule has 2 fully saturated rings. The first-order valence-electron chi connectivity index (χ1n) is 6.78. The molecule has 2 aliphatic rings. The predicted molar refractivity (Wildman–Crippen MR) is 72.0 cm³/mol. The number of hydrogen-bond donors (Lipinski definition) is 1. The summed E-state index contributed by atoms with van der Waals surface area (Å²) in [5, 5.41) is 3.58. The van der Waals surface area contributed by atoms with Crippen LogP contribution in [0.3, 0.4) is 0 Å². The smallest absolute Gasteiger partial charge is 0.213 e. The third-order valence-corrected chi connectivity index (χ3v) is 3.96. The molecule has 1 aliphatic carbocycles. The van der Waals surface area contributed by atoms with Crippen molar-refractivity contribution in [1.29, 1.82) is 0 Å². The lowest BCUT2D eigenvalue weighted by Gasteiger charge is -2.19. The predicted octanol–water partition coefficient (Wildman–Crippen LogP) is 2.13. The fraction of sp³-hybridized carbons (Fsp3) is 0.643. The molecular weight excluding hydrogens is 226 g/mol. The molecule has 3 rings (SSSR count). The highest BCUT2D eigenvalue weighted by molar-refractivity contribution is 5.43. The number of aromatic nitrogens is 1. The Labute approximate surface area is 108 Å². The third-order valence-electron chi connectivity index (χ3n) is 3.96. The maximum Gasteiger partial charge on any atom is 0.213 e. The maximum atomic E-state index is 5.07. The van der Waals surface area contributed by atoms with E-state index in [0.29, 0.717) is 18.0 Å². The van der Waals surface area contributed by atoms with Gasteiger partial charge in [-0.25, -0.2) is 4.98 Å². The number of nitrogens with zero attached hydrogens (tertiary/aromatic N) is 2. The number of pyridine rings is 1. The van der Waals surface area contributed by atoms with Gasteiger partial charge >= 0.3 is 0 Å². The number of hydrogen-bond acceptors (Lipinski definition) is 4. The van der Waals surface area contributed by atoms with E-state index >= 15 is 0 Å². The van der Waals surface area contributed by atoms with Gasteiger partial charge in [-0.3, -0.25) is 4.90 Å². The molecule has 0 aromatic carbocycles. The van der Waals surface area contributed by atoms with E-state index < -0.39 is 0 Å². The van der Waals surface area contributed by atoms with E-state index in [1.807, 2.05) is 18.3 Å². The zero-order valence-electron chi connectivity index (χ0n) is 11.1. The molecule has 2 heterocycles. The van der Waals surface area contributed by atoms with Gasteiger partial charge in [-0.15, -0.1) is 0 Å². The highest BCUT2D eigenvalue weighted by Crippen LogP contribution is 2.34. The van der Waals surface area contributed by atoms with E-state index in [4.69, 9.17) is 4.74 Å². The molecule has 0 radical (unpaired) electrons. The van der Waals surface area contributed by atoms with Crippen molar-refractivity contribution in [3.05, 3.63) is 18.3 Å². The minimum atomic E-state index is 0.552. The van der Waals surface area contributed by atoms with Crippen molar-refractivity contribution in [3.8, 4) is 5.88 Å². The summed E-state index contributed by atoms with van der Waals surface area (Å²) in [4.78, 5) is 6.87. The molecule has 4 nitrogen and oxygen atoms in total. The highest BCUT2D eigenvalue weighted by atomic mass is 16.5. The van der Waals surface area contributed by atoms with Gasteiger partial charge in [0.1, 0.15) is 0 Å². The molecule has 0 bridgehead atoms. The van der Waals surface area contributed by atoms with Gasteiger partial charge in [-0.2, -0.15) is 0 Å². The van der Waals surface area contributed by atoms with Crippen LogP contribution in [0.2, 0.25) is 0 Å². The molecule has 18 heavy (non-hydrogen) atoms. The second-order valence-electron chi connectivity index (χ2n) is 5.44. The van der Waals surface area contributed by atoms with Crippen molar-refractivity contribution in [2.45, 2.75) is 44.3 Å². The maximum absolute atomic E-state index is 5.07. The largest absolute Gasteiger partial charge is 0.481 e. The lowest BCUT2D eigenvalue weighted by atomic mass is 10.2. The fourth-order valence-corrected chi connectivity index (χ4v) is 2.90. The SMILES string of the molecule is COc1ccc(NC2CC(C)N(C3CC3)C2)cn1.